The first-order chi connectivity index (χ1) is 10.7. The smallest absolute Gasteiger partial charge is 0.221 e. The monoisotopic (exact) mass is 305 g/mol. The van der Waals surface area contributed by atoms with Gasteiger partial charge >= 0.3 is 0 Å². The minimum atomic E-state index is -0.241. The van der Waals surface area contributed by atoms with Crippen molar-refractivity contribution in [2.24, 2.45) is 5.73 Å². The number of nitrogens with two attached hydrogens (primary N) is 1. The van der Waals surface area contributed by atoms with Crippen LogP contribution in [0.2, 0.25) is 0 Å². The molecule has 1 heterocycles. The molecular formula is C17H27N3O2. The van der Waals surface area contributed by atoms with Crippen LogP contribution in [0, 0.1) is 0 Å². The Bertz CT molecular complexity index is 452. The van der Waals surface area contributed by atoms with Crippen LogP contribution >= 0.6 is 0 Å². The fraction of sp³-hybridized carbons (Fsp3) is 0.588. The summed E-state index contributed by atoms with van der Waals surface area (Å²) in [7, 11) is 1.72. The molecule has 0 bridgehead atoms. The lowest BCUT2D eigenvalue weighted by Gasteiger charge is -2.24. The summed E-state index contributed by atoms with van der Waals surface area (Å²) in [5.41, 5.74) is 7.09. The lowest BCUT2D eigenvalue weighted by atomic mass is 10.0. The van der Waals surface area contributed by atoms with Gasteiger partial charge in [-0.2, -0.15) is 0 Å². The second kappa shape index (κ2) is 8.88. The maximum absolute atomic E-state index is 12.1. The van der Waals surface area contributed by atoms with E-state index in [1.54, 1.807) is 7.11 Å². The normalized spacial score (nSPS) is 20.0. The number of benzene rings is 1. The number of ether oxygens (including phenoxy) is 1. The molecule has 5 heteroatoms. The quantitative estimate of drug-likeness (QED) is 0.760. The van der Waals surface area contributed by atoms with Crippen molar-refractivity contribution in [1.29, 1.82) is 0 Å². The second-order valence-electron chi connectivity index (χ2n) is 5.85. The van der Waals surface area contributed by atoms with Gasteiger partial charge in [-0.05, 0) is 24.9 Å². The number of carbonyl (C=O) groups is 1. The molecule has 1 saturated heterocycles. The predicted octanol–water partition coefficient (Wildman–Crippen LogP) is 1.30. The first-order valence-corrected chi connectivity index (χ1v) is 8.01. The Morgan fingerprint density at radius 3 is 2.95 bits per heavy atom. The highest BCUT2D eigenvalue weighted by Gasteiger charge is 2.24. The molecule has 1 aromatic carbocycles. The van der Waals surface area contributed by atoms with E-state index in [0.717, 1.165) is 31.7 Å². The van der Waals surface area contributed by atoms with E-state index in [9.17, 15) is 4.79 Å². The van der Waals surface area contributed by atoms with Gasteiger partial charge < -0.3 is 15.8 Å². The Labute approximate surface area is 132 Å². The molecule has 2 unspecified atom stereocenters. The number of nitrogens with zero attached hydrogens (tertiary/aromatic N) is 1. The van der Waals surface area contributed by atoms with Crippen molar-refractivity contribution in [3.63, 3.8) is 0 Å². The lowest BCUT2D eigenvalue weighted by Crippen LogP contribution is -2.41. The maximum atomic E-state index is 12.1. The third kappa shape index (κ3) is 5.09. The van der Waals surface area contributed by atoms with E-state index in [1.165, 1.54) is 6.42 Å². The van der Waals surface area contributed by atoms with Gasteiger partial charge in [-0.3, -0.25) is 9.69 Å². The van der Waals surface area contributed by atoms with E-state index in [4.69, 9.17) is 10.5 Å². The molecule has 5 nitrogen and oxygen atoms in total. The fourth-order valence-corrected chi connectivity index (χ4v) is 2.95. The largest absolute Gasteiger partial charge is 0.383 e. The molecule has 0 spiro atoms. The molecular weight excluding hydrogens is 278 g/mol. The summed E-state index contributed by atoms with van der Waals surface area (Å²) in [6.07, 6.45) is 2.65. The van der Waals surface area contributed by atoms with Gasteiger partial charge in [0.15, 0.2) is 0 Å². The topological polar surface area (TPSA) is 67.6 Å². The zero-order valence-corrected chi connectivity index (χ0v) is 13.3. The van der Waals surface area contributed by atoms with Gasteiger partial charge in [-0.15, -0.1) is 0 Å². The number of hydrogen-bond donors (Lipinski definition) is 2. The number of carbonyl (C=O) groups excluding carboxylic acids is 1. The van der Waals surface area contributed by atoms with Crippen molar-refractivity contribution in [3.05, 3.63) is 35.9 Å². The standard InChI is InChI=1S/C17H27N3O2/c1-22-11-10-20-9-5-8-15(20)13-19-17(21)12-16(18)14-6-3-2-4-7-14/h2-4,6-7,15-16H,5,8-13,18H2,1H3,(H,19,21). The van der Waals surface area contributed by atoms with Crippen molar-refractivity contribution in [3.8, 4) is 0 Å². The van der Waals surface area contributed by atoms with Crippen LogP contribution in [-0.4, -0.2) is 50.2 Å². The average Bonchev–Trinajstić information content (AvgIpc) is 2.99. The first-order valence-electron chi connectivity index (χ1n) is 8.01. The zero-order valence-electron chi connectivity index (χ0n) is 13.3. The van der Waals surface area contributed by atoms with Crippen LogP contribution in [0.25, 0.3) is 0 Å². The van der Waals surface area contributed by atoms with Gasteiger partial charge in [0.05, 0.1) is 6.61 Å². The lowest BCUT2D eigenvalue weighted by molar-refractivity contribution is -0.121. The number of likely N-dealkylation sites (tertiary alicyclic amines) is 1. The van der Waals surface area contributed by atoms with Crippen molar-refractivity contribution >= 4 is 5.91 Å². The zero-order chi connectivity index (χ0) is 15.8. The summed E-state index contributed by atoms with van der Waals surface area (Å²) in [5.74, 6) is 0.0231. The van der Waals surface area contributed by atoms with Gasteiger partial charge in [0.2, 0.25) is 5.91 Å². The molecule has 122 valence electrons. The van der Waals surface area contributed by atoms with Crippen LogP contribution in [-0.2, 0) is 9.53 Å². The van der Waals surface area contributed by atoms with Crippen molar-refractivity contribution in [1.82, 2.24) is 10.2 Å². The number of nitrogens with one attached hydrogen (secondary N) is 1. The minimum Gasteiger partial charge on any atom is -0.383 e. The van der Waals surface area contributed by atoms with Crippen LogP contribution < -0.4 is 11.1 Å². The van der Waals surface area contributed by atoms with E-state index in [-0.39, 0.29) is 11.9 Å². The Morgan fingerprint density at radius 2 is 2.23 bits per heavy atom. The molecule has 2 rings (SSSR count). The second-order valence-corrected chi connectivity index (χ2v) is 5.85. The summed E-state index contributed by atoms with van der Waals surface area (Å²) in [6, 6.07) is 9.94. The summed E-state index contributed by atoms with van der Waals surface area (Å²) in [5, 5.41) is 3.03. The summed E-state index contributed by atoms with van der Waals surface area (Å²) in [6.45, 7) is 3.46. The highest BCUT2D eigenvalue weighted by atomic mass is 16.5. The summed E-state index contributed by atoms with van der Waals surface area (Å²) >= 11 is 0. The molecule has 0 aromatic heterocycles. The van der Waals surface area contributed by atoms with Gasteiger partial charge in [0, 0.05) is 38.7 Å². The van der Waals surface area contributed by atoms with Gasteiger partial charge in [-0.25, -0.2) is 0 Å². The average molecular weight is 305 g/mol. The van der Waals surface area contributed by atoms with E-state index in [2.05, 4.69) is 10.2 Å². The molecule has 22 heavy (non-hydrogen) atoms. The molecule has 0 radical (unpaired) electrons. The molecule has 1 fully saturated rings. The van der Waals surface area contributed by atoms with E-state index < -0.39 is 0 Å². The van der Waals surface area contributed by atoms with Crippen LogP contribution in [0.1, 0.15) is 30.9 Å². The Kier molecular flexibility index (Phi) is 6.83. The molecule has 1 aliphatic rings. The van der Waals surface area contributed by atoms with Crippen LogP contribution in [0.5, 0.6) is 0 Å². The minimum absolute atomic E-state index is 0.0231. The SMILES string of the molecule is COCCN1CCCC1CNC(=O)CC(N)c1ccccc1. The Balaban J connectivity index is 1.73. The molecule has 2 atom stereocenters. The molecule has 0 aliphatic carbocycles. The van der Waals surface area contributed by atoms with Crippen LogP contribution in [0.15, 0.2) is 30.3 Å². The summed E-state index contributed by atoms with van der Waals surface area (Å²) < 4.78 is 5.13. The first kappa shape index (κ1) is 16.9. The molecule has 1 aromatic rings. The highest BCUT2D eigenvalue weighted by molar-refractivity contribution is 5.76. The number of hydrogen-bond acceptors (Lipinski definition) is 4. The van der Waals surface area contributed by atoms with Gasteiger partial charge in [0.25, 0.3) is 0 Å². The number of rotatable bonds is 8. The van der Waals surface area contributed by atoms with Gasteiger partial charge in [0.1, 0.15) is 0 Å². The van der Waals surface area contributed by atoms with Crippen molar-refractivity contribution in [2.45, 2.75) is 31.3 Å². The van der Waals surface area contributed by atoms with E-state index in [1.807, 2.05) is 30.3 Å². The molecule has 1 amide bonds. The fourth-order valence-electron chi connectivity index (χ4n) is 2.95. The molecule has 1 aliphatic heterocycles. The molecule has 0 saturated carbocycles. The van der Waals surface area contributed by atoms with Crippen molar-refractivity contribution in [2.75, 3.05) is 33.4 Å². The third-order valence-corrected chi connectivity index (χ3v) is 4.25. The highest BCUT2D eigenvalue weighted by Crippen LogP contribution is 2.16. The summed E-state index contributed by atoms with van der Waals surface area (Å²) in [4.78, 5) is 14.5. The van der Waals surface area contributed by atoms with Crippen LogP contribution in [0.3, 0.4) is 0 Å². The Hall–Kier alpha value is -1.43. The third-order valence-electron chi connectivity index (χ3n) is 4.25. The van der Waals surface area contributed by atoms with Crippen molar-refractivity contribution < 1.29 is 9.53 Å². The van der Waals surface area contributed by atoms with E-state index in [0.29, 0.717) is 19.0 Å². The molecule has 3 N–H and O–H groups in total. The maximum Gasteiger partial charge on any atom is 0.221 e. The Morgan fingerprint density at radius 1 is 1.45 bits per heavy atom. The number of methoxy groups -OCH3 is 1. The van der Waals surface area contributed by atoms with Crippen LogP contribution in [0.4, 0.5) is 0 Å². The predicted molar refractivity (Wildman–Crippen MR) is 87.5 cm³/mol. The van der Waals surface area contributed by atoms with E-state index >= 15 is 0 Å². The van der Waals surface area contributed by atoms with Gasteiger partial charge in [-0.1, -0.05) is 30.3 Å². The number of amides is 1.